The smallest absolute Gasteiger partial charge is 0.304 e. The molecule has 1 aromatic rings. The van der Waals surface area contributed by atoms with Crippen LogP contribution in [0.1, 0.15) is 37.6 Å². The second kappa shape index (κ2) is 5.88. The molecule has 15 heavy (non-hydrogen) atoms. The van der Waals surface area contributed by atoms with E-state index >= 15 is 0 Å². The molecule has 0 aliphatic heterocycles. The Hall–Kier alpha value is -0.870. The summed E-state index contributed by atoms with van der Waals surface area (Å²) in [6.45, 7) is 4.01. The first-order valence-corrected chi connectivity index (χ1v) is 6.02. The van der Waals surface area contributed by atoms with Gasteiger partial charge in [-0.3, -0.25) is 4.79 Å². The van der Waals surface area contributed by atoms with Crippen molar-refractivity contribution in [2.45, 2.75) is 38.8 Å². The third-order valence-corrected chi connectivity index (χ3v) is 3.25. The van der Waals surface area contributed by atoms with Gasteiger partial charge in [-0.25, -0.2) is 0 Å². The predicted octanol–water partition coefficient (Wildman–Crippen LogP) is 2.65. The molecule has 0 radical (unpaired) electrons. The zero-order chi connectivity index (χ0) is 11.3. The fraction of sp³-hybridized carbons (Fsp3) is 0.545. The minimum atomic E-state index is -0.754. The standard InChI is InChI=1S/C11H17NO2S/c1-3-9(10-5-4-6-15-10)12-8(2)7-11(13)14/h4-6,8-9,12H,3,7H2,1-2H3,(H,13,14). The molecule has 4 heteroatoms. The van der Waals surface area contributed by atoms with Crippen molar-refractivity contribution in [2.75, 3.05) is 0 Å². The van der Waals surface area contributed by atoms with Crippen molar-refractivity contribution in [2.24, 2.45) is 0 Å². The summed E-state index contributed by atoms with van der Waals surface area (Å²) in [7, 11) is 0. The van der Waals surface area contributed by atoms with Gasteiger partial charge in [0.1, 0.15) is 0 Å². The van der Waals surface area contributed by atoms with E-state index in [1.807, 2.05) is 18.4 Å². The molecule has 1 aromatic heterocycles. The van der Waals surface area contributed by atoms with Crippen LogP contribution in [0.3, 0.4) is 0 Å². The summed E-state index contributed by atoms with van der Waals surface area (Å²) < 4.78 is 0. The molecule has 2 atom stereocenters. The van der Waals surface area contributed by atoms with E-state index in [-0.39, 0.29) is 18.5 Å². The molecule has 84 valence electrons. The average molecular weight is 227 g/mol. The second-order valence-corrected chi connectivity index (χ2v) is 4.62. The number of rotatable bonds is 6. The summed E-state index contributed by atoms with van der Waals surface area (Å²) in [5, 5.41) is 14.0. The molecule has 0 aliphatic rings. The SMILES string of the molecule is CCC(NC(C)CC(=O)O)c1cccs1. The Bertz CT molecular complexity index is 298. The molecular weight excluding hydrogens is 210 g/mol. The molecule has 0 bridgehead atoms. The van der Waals surface area contributed by atoms with Crippen LogP contribution in [-0.2, 0) is 4.79 Å². The van der Waals surface area contributed by atoms with E-state index in [2.05, 4.69) is 18.3 Å². The third kappa shape index (κ3) is 4.01. The minimum Gasteiger partial charge on any atom is -0.481 e. The van der Waals surface area contributed by atoms with Crippen LogP contribution in [0, 0.1) is 0 Å². The molecule has 0 amide bonds. The van der Waals surface area contributed by atoms with Gasteiger partial charge in [0.25, 0.3) is 0 Å². The fourth-order valence-electron chi connectivity index (χ4n) is 1.56. The van der Waals surface area contributed by atoms with E-state index in [1.54, 1.807) is 11.3 Å². The Balaban J connectivity index is 2.50. The summed E-state index contributed by atoms with van der Waals surface area (Å²) in [6, 6.07) is 4.39. The molecule has 1 rings (SSSR count). The van der Waals surface area contributed by atoms with Crippen molar-refractivity contribution in [3.05, 3.63) is 22.4 Å². The molecule has 0 aliphatic carbocycles. The van der Waals surface area contributed by atoms with Gasteiger partial charge in [-0.15, -0.1) is 11.3 Å². The van der Waals surface area contributed by atoms with Crippen molar-refractivity contribution >= 4 is 17.3 Å². The lowest BCUT2D eigenvalue weighted by Gasteiger charge is -2.20. The summed E-state index contributed by atoms with van der Waals surface area (Å²) in [5.74, 6) is -0.754. The molecule has 2 N–H and O–H groups in total. The normalized spacial score (nSPS) is 14.8. The molecule has 0 saturated heterocycles. The van der Waals surface area contributed by atoms with E-state index in [0.29, 0.717) is 0 Å². The van der Waals surface area contributed by atoms with Crippen molar-refractivity contribution in [1.29, 1.82) is 0 Å². The lowest BCUT2D eigenvalue weighted by molar-refractivity contribution is -0.137. The van der Waals surface area contributed by atoms with Gasteiger partial charge in [-0.2, -0.15) is 0 Å². The van der Waals surface area contributed by atoms with Gasteiger partial charge in [0.2, 0.25) is 0 Å². The van der Waals surface area contributed by atoms with Crippen molar-refractivity contribution in [1.82, 2.24) is 5.32 Å². The average Bonchev–Trinajstić information content (AvgIpc) is 2.65. The molecule has 0 aromatic carbocycles. The van der Waals surface area contributed by atoms with Crippen LogP contribution in [0.2, 0.25) is 0 Å². The highest BCUT2D eigenvalue weighted by Gasteiger charge is 2.14. The van der Waals surface area contributed by atoms with Gasteiger partial charge in [0.05, 0.1) is 6.42 Å². The first-order valence-electron chi connectivity index (χ1n) is 5.14. The monoisotopic (exact) mass is 227 g/mol. The van der Waals surface area contributed by atoms with Crippen LogP contribution in [0.5, 0.6) is 0 Å². The molecule has 0 fully saturated rings. The van der Waals surface area contributed by atoms with Crippen LogP contribution in [0.15, 0.2) is 17.5 Å². The summed E-state index contributed by atoms with van der Waals surface area (Å²) in [5.41, 5.74) is 0. The topological polar surface area (TPSA) is 49.3 Å². The van der Waals surface area contributed by atoms with Crippen LogP contribution < -0.4 is 5.32 Å². The highest BCUT2D eigenvalue weighted by atomic mass is 32.1. The Labute approximate surface area is 94.1 Å². The Morgan fingerprint density at radius 1 is 1.67 bits per heavy atom. The number of hydrogen-bond donors (Lipinski definition) is 2. The predicted molar refractivity (Wildman–Crippen MR) is 62.2 cm³/mol. The van der Waals surface area contributed by atoms with E-state index in [4.69, 9.17) is 5.11 Å². The Kier molecular flexibility index (Phi) is 4.78. The number of carbonyl (C=O) groups is 1. The first-order chi connectivity index (χ1) is 7.13. The number of carboxylic acid groups (broad SMARTS) is 1. The lowest BCUT2D eigenvalue weighted by atomic mass is 10.1. The van der Waals surface area contributed by atoms with Crippen LogP contribution >= 0.6 is 11.3 Å². The molecule has 0 saturated carbocycles. The molecule has 1 heterocycles. The number of aliphatic carboxylic acids is 1. The Morgan fingerprint density at radius 2 is 2.40 bits per heavy atom. The fourth-order valence-corrected chi connectivity index (χ4v) is 2.43. The lowest BCUT2D eigenvalue weighted by Crippen LogP contribution is -2.31. The van der Waals surface area contributed by atoms with Crippen LogP contribution in [0.25, 0.3) is 0 Å². The van der Waals surface area contributed by atoms with Gasteiger partial charge in [0.15, 0.2) is 0 Å². The summed E-state index contributed by atoms with van der Waals surface area (Å²) >= 11 is 1.71. The van der Waals surface area contributed by atoms with Crippen molar-refractivity contribution < 1.29 is 9.90 Å². The largest absolute Gasteiger partial charge is 0.481 e. The molecular formula is C11H17NO2S. The van der Waals surface area contributed by atoms with Crippen LogP contribution in [-0.4, -0.2) is 17.1 Å². The number of carboxylic acids is 1. The first kappa shape index (κ1) is 12.2. The van der Waals surface area contributed by atoms with Gasteiger partial charge in [0, 0.05) is 17.0 Å². The Morgan fingerprint density at radius 3 is 2.87 bits per heavy atom. The van der Waals surface area contributed by atoms with Crippen molar-refractivity contribution in [3.8, 4) is 0 Å². The summed E-state index contributed by atoms with van der Waals surface area (Å²) in [6.07, 6.45) is 1.15. The van der Waals surface area contributed by atoms with E-state index in [0.717, 1.165) is 6.42 Å². The highest BCUT2D eigenvalue weighted by Crippen LogP contribution is 2.22. The van der Waals surface area contributed by atoms with Gasteiger partial charge in [-0.1, -0.05) is 13.0 Å². The number of thiophene rings is 1. The molecule has 0 spiro atoms. The zero-order valence-electron chi connectivity index (χ0n) is 9.06. The highest BCUT2D eigenvalue weighted by molar-refractivity contribution is 7.10. The number of hydrogen-bond acceptors (Lipinski definition) is 3. The third-order valence-electron chi connectivity index (χ3n) is 2.26. The van der Waals surface area contributed by atoms with Gasteiger partial charge >= 0.3 is 5.97 Å². The maximum absolute atomic E-state index is 10.5. The maximum Gasteiger partial charge on any atom is 0.304 e. The van der Waals surface area contributed by atoms with E-state index in [9.17, 15) is 4.79 Å². The maximum atomic E-state index is 10.5. The second-order valence-electron chi connectivity index (χ2n) is 3.64. The van der Waals surface area contributed by atoms with E-state index < -0.39 is 5.97 Å². The molecule has 3 nitrogen and oxygen atoms in total. The van der Waals surface area contributed by atoms with Crippen molar-refractivity contribution in [3.63, 3.8) is 0 Å². The summed E-state index contributed by atoms with van der Waals surface area (Å²) in [4.78, 5) is 11.8. The van der Waals surface area contributed by atoms with Crippen LogP contribution in [0.4, 0.5) is 0 Å². The zero-order valence-corrected chi connectivity index (χ0v) is 9.88. The molecule has 2 unspecified atom stereocenters. The number of nitrogens with one attached hydrogen (secondary N) is 1. The minimum absolute atomic E-state index is 0.00884. The van der Waals surface area contributed by atoms with E-state index in [1.165, 1.54) is 4.88 Å². The quantitative estimate of drug-likeness (QED) is 0.785. The van der Waals surface area contributed by atoms with Gasteiger partial charge < -0.3 is 10.4 Å². The van der Waals surface area contributed by atoms with Gasteiger partial charge in [-0.05, 0) is 24.8 Å².